The van der Waals surface area contributed by atoms with E-state index in [-0.39, 0.29) is 12.1 Å². The monoisotopic (exact) mass is 269 g/mol. The van der Waals surface area contributed by atoms with Gasteiger partial charge in [0.2, 0.25) is 0 Å². The number of halogens is 3. The number of hydrogen-bond acceptors (Lipinski definition) is 2. The van der Waals surface area contributed by atoms with E-state index < -0.39 is 11.7 Å². The highest BCUT2D eigenvalue weighted by Gasteiger charge is 2.33. The van der Waals surface area contributed by atoms with Gasteiger partial charge in [0.25, 0.3) is 0 Å². The standard InChI is InChI=1S/C13H14F3N3/c1-2-17-8-10-3-4-11(19-6-5-18-9-19)7-12(10)13(14,15)16/h3-7,9,17H,2,8H2,1H3. The molecule has 0 aliphatic carbocycles. The van der Waals surface area contributed by atoms with Gasteiger partial charge in [0, 0.05) is 24.6 Å². The Morgan fingerprint density at radius 1 is 1.32 bits per heavy atom. The molecule has 0 radical (unpaired) electrons. The SMILES string of the molecule is CCNCc1ccc(-n2ccnc2)cc1C(F)(F)F. The van der Waals surface area contributed by atoms with Crippen LogP contribution >= 0.6 is 0 Å². The molecule has 19 heavy (non-hydrogen) atoms. The van der Waals surface area contributed by atoms with Gasteiger partial charge in [-0.25, -0.2) is 4.98 Å². The minimum Gasteiger partial charge on any atom is -0.313 e. The normalized spacial score (nSPS) is 11.8. The van der Waals surface area contributed by atoms with Crippen LogP contribution < -0.4 is 5.32 Å². The molecule has 6 heteroatoms. The summed E-state index contributed by atoms with van der Waals surface area (Å²) in [7, 11) is 0. The average Bonchev–Trinajstić information content (AvgIpc) is 2.89. The topological polar surface area (TPSA) is 29.9 Å². The molecule has 0 unspecified atom stereocenters. The van der Waals surface area contributed by atoms with Crippen LogP contribution in [0.25, 0.3) is 5.69 Å². The summed E-state index contributed by atoms with van der Waals surface area (Å²) in [4.78, 5) is 3.83. The molecule has 0 aliphatic rings. The van der Waals surface area contributed by atoms with Crippen molar-refractivity contribution in [1.82, 2.24) is 14.9 Å². The first-order chi connectivity index (χ1) is 9.02. The largest absolute Gasteiger partial charge is 0.416 e. The third-order valence-corrected chi connectivity index (χ3v) is 2.77. The summed E-state index contributed by atoms with van der Waals surface area (Å²) in [6.07, 6.45) is 0.250. The lowest BCUT2D eigenvalue weighted by molar-refractivity contribution is -0.138. The molecule has 0 spiro atoms. The van der Waals surface area contributed by atoms with Crippen LogP contribution in [0.1, 0.15) is 18.1 Å². The van der Waals surface area contributed by atoms with Crippen molar-refractivity contribution < 1.29 is 13.2 Å². The number of hydrogen-bond donors (Lipinski definition) is 1. The molecule has 0 saturated carbocycles. The third-order valence-electron chi connectivity index (χ3n) is 2.77. The Morgan fingerprint density at radius 3 is 2.68 bits per heavy atom. The smallest absolute Gasteiger partial charge is 0.313 e. The quantitative estimate of drug-likeness (QED) is 0.924. The Balaban J connectivity index is 2.42. The van der Waals surface area contributed by atoms with Gasteiger partial charge in [0.15, 0.2) is 0 Å². The number of nitrogens with one attached hydrogen (secondary N) is 1. The number of aromatic nitrogens is 2. The summed E-state index contributed by atoms with van der Waals surface area (Å²) >= 11 is 0. The molecule has 3 nitrogen and oxygen atoms in total. The molecule has 0 fully saturated rings. The van der Waals surface area contributed by atoms with Crippen molar-refractivity contribution in [2.24, 2.45) is 0 Å². The fraction of sp³-hybridized carbons (Fsp3) is 0.308. The minimum atomic E-state index is -4.36. The molecule has 0 amide bonds. The van der Waals surface area contributed by atoms with E-state index >= 15 is 0 Å². The molecule has 0 bridgehead atoms. The summed E-state index contributed by atoms with van der Waals surface area (Å²) in [5, 5.41) is 2.91. The molecule has 1 aromatic heterocycles. The van der Waals surface area contributed by atoms with Gasteiger partial charge < -0.3 is 9.88 Å². The number of alkyl halides is 3. The molecule has 1 aromatic carbocycles. The lowest BCUT2D eigenvalue weighted by Gasteiger charge is -2.15. The molecular weight excluding hydrogens is 255 g/mol. The predicted molar refractivity (Wildman–Crippen MR) is 65.9 cm³/mol. The second kappa shape index (κ2) is 5.44. The molecule has 2 rings (SSSR count). The van der Waals surface area contributed by atoms with E-state index in [0.717, 1.165) is 6.07 Å². The molecule has 0 saturated heterocycles. The van der Waals surface area contributed by atoms with Crippen molar-refractivity contribution in [2.75, 3.05) is 6.54 Å². The fourth-order valence-electron chi connectivity index (χ4n) is 1.81. The van der Waals surface area contributed by atoms with Crippen molar-refractivity contribution in [2.45, 2.75) is 19.6 Å². The van der Waals surface area contributed by atoms with Crippen LogP contribution in [-0.4, -0.2) is 16.1 Å². The highest BCUT2D eigenvalue weighted by atomic mass is 19.4. The first kappa shape index (κ1) is 13.6. The zero-order valence-corrected chi connectivity index (χ0v) is 10.4. The Kier molecular flexibility index (Phi) is 3.90. The highest BCUT2D eigenvalue weighted by Crippen LogP contribution is 2.33. The first-order valence-corrected chi connectivity index (χ1v) is 5.91. The van der Waals surface area contributed by atoms with Gasteiger partial charge in [0.05, 0.1) is 11.9 Å². The van der Waals surface area contributed by atoms with Crippen LogP contribution in [0, 0.1) is 0 Å². The van der Waals surface area contributed by atoms with Crippen molar-refractivity contribution in [3.8, 4) is 5.69 Å². The molecule has 1 N–H and O–H groups in total. The van der Waals surface area contributed by atoms with Crippen molar-refractivity contribution in [3.05, 3.63) is 48.0 Å². The maximum atomic E-state index is 13.0. The van der Waals surface area contributed by atoms with Crippen LogP contribution in [0.4, 0.5) is 13.2 Å². The molecular formula is C13H14F3N3. The Hall–Kier alpha value is -1.82. The van der Waals surface area contributed by atoms with E-state index in [2.05, 4.69) is 10.3 Å². The van der Waals surface area contributed by atoms with Crippen molar-refractivity contribution >= 4 is 0 Å². The highest BCUT2D eigenvalue weighted by molar-refractivity contribution is 5.42. The van der Waals surface area contributed by atoms with Crippen LogP contribution in [0.2, 0.25) is 0 Å². The van der Waals surface area contributed by atoms with Gasteiger partial charge in [-0.05, 0) is 24.2 Å². The lowest BCUT2D eigenvalue weighted by Crippen LogP contribution is -2.17. The summed E-state index contributed by atoms with van der Waals surface area (Å²) in [5.74, 6) is 0. The number of nitrogens with zero attached hydrogens (tertiary/aromatic N) is 2. The number of rotatable bonds is 4. The van der Waals surface area contributed by atoms with Gasteiger partial charge in [-0.3, -0.25) is 0 Å². The molecule has 102 valence electrons. The Morgan fingerprint density at radius 2 is 2.11 bits per heavy atom. The maximum Gasteiger partial charge on any atom is 0.416 e. The van der Waals surface area contributed by atoms with Crippen LogP contribution in [0.5, 0.6) is 0 Å². The van der Waals surface area contributed by atoms with E-state index in [0.29, 0.717) is 12.2 Å². The fourth-order valence-corrected chi connectivity index (χ4v) is 1.81. The number of imidazole rings is 1. The average molecular weight is 269 g/mol. The maximum absolute atomic E-state index is 13.0. The van der Waals surface area contributed by atoms with Crippen LogP contribution in [0.15, 0.2) is 36.9 Å². The summed E-state index contributed by atoms with van der Waals surface area (Å²) in [6.45, 7) is 2.68. The minimum absolute atomic E-state index is 0.204. The van der Waals surface area contributed by atoms with Crippen molar-refractivity contribution in [1.29, 1.82) is 0 Å². The summed E-state index contributed by atoms with van der Waals surface area (Å²) in [6, 6.07) is 4.30. The second-order valence-corrected chi connectivity index (χ2v) is 4.09. The van der Waals surface area contributed by atoms with E-state index in [1.807, 2.05) is 6.92 Å². The third kappa shape index (κ3) is 3.14. The summed E-state index contributed by atoms with van der Waals surface area (Å²) in [5.41, 5.74) is 0.0861. The van der Waals surface area contributed by atoms with Gasteiger partial charge in [-0.2, -0.15) is 13.2 Å². The molecule has 2 aromatic rings. The van der Waals surface area contributed by atoms with E-state index in [9.17, 15) is 13.2 Å². The van der Waals surface area contributed by atoms with E-state index in [4.69, 9.17) is 0 Å². The van der Waals surface area contributed by atoms with Gasteiger partial charge in [0.1, 0.15) is 0 Å². The van der Waals surface area contributed by atoms with Gasteiger partial charge in [-0.1, -0.05) is 13.0 Å². The lowest BCUT2D eigenvalue weighted by atomic mass is 10.1. The zero-order chi connectivity index (χ0) is 13.9. The summed E-state index contributed by atoms with van der Waals surface area (Å²) < 4.78 is 40.7. The molecule has 0 aliphatic heterocycles. The molecule has 0 atom stereocenters. The number of benzene rings is 1. The van der Waals surface area contributed by atoms with Crippen LogP contribution in [0.3, 0.4) is 0 Å². The first-order valence-electron chi connectivity index (χ1n) is 5.91. The Labute approximate surface area is 109 Å². The second-order valence-electron chi connectivity index (χ2n) is 4.09. The van der Waals surface area contributed by atoms with Gasteiger partial charge >= 0.3 is 6.18 Å². The van der Waals surface area contributed by atoms with Crippen molar-refractivity contribution in [3.63, 3.8) is 0 Å². The van der Waals surface area contributed by atoms with E-state index in [1.54, 1.807) is 16.8 Å². The predicted octanol–water partition coefficient (Wildman–Crippen LogP) is 3.00. The van der Waals surface area contributed by atoms with Gasteiger partial charge in [-0.15, -0.1) is 0 Å². The van der Waals surface area contributed by atoms with Crippen LogP contribution in [-0.2, 0) is 12.7 Å². The molecule has 1 heterocycles. The zero-order valence-electron chi connectivity index (χ0n) is 10.4. The Bertz CT molecular complexity index is 533. The van der Waals surface area contributed by atoms with E-state index in [1.165, 1.54) is 18.6 Å².